The molecule has 27 heavy (non-hydrogen) atoms. The summed E-state index contributed by atoms with van der Waals surface area (Å²) in [5, 5.41) is 3.78. The summed E-state index contributed by atoms with van der Waals surface area (Å²) >= 11 is 1.56. The maximum atomic E-state index is 13.3. The van der Waals surface area contributed by atoms with Gasteiger partial charge in [0.25, 0.3) is 5.91 Å². The number of hydrogen-bond donors (Lipinski definition) is 2. The molecule has 2 aromatic carbocycles. The molecule has 2 N–H and O–H groups in total. The molecule has 0 aliphatic rings. The molecule has 0 atom stereocenters. The van der Waals surface area contributed by atoms with E-state index in [0.29, 0.717) is 18.0 Å². The highest BCUT2D eigenvalue weighted by molar-refractivity contribution is 7.99. The normalized spacial score (nSPS) is 11.6. The average molecular weight is 390 g/mol. The van der Waals surface area contributed by atoms with Crippen molar-refractivity contribution in [2.75, 3.05) is 12.3 Å². The van der Waals surface area contributed by atoms with Crippen molar-refractivity contribution >= 4 is 28.6 Å². The topological polar surface area (TPSA) is 54.1 Å². The molecular weight excluding hydrogens is 370 g/mol. The Hall–Kier alpha value is -2.54. The Balaban J connectivity index is 1.51. The van der Waals surface area contributed by atoms with Gasteiger partial charge >= 0.3 is 0 Å². The van der Waals surface area contributed by atoms with Gasteiger partial charge in [0.1, 0.15) is 17.4 Å². The Bertz CT molecular complexity index is 956. The molecule has 0 saturated carbocycles. The number of thioether (sulfide) groups is 1. The van der Waals surface area contributed by atoms with Gasteiger partial charge in [-0.1, -0.05) is 6.07 Å². The standard InChI is InChI=1S/C20H20F2N2O2S/c1-20(2,26-15-5-3-4-13(21)10-15)19(25)23-8-9-27-18-12-24-17-11-14(22)6-7-16(17)18/h3-7,10-12,24H,8-9H2,1-2H3,(H,23,25). The molecule has 4 nitrogen and oxygen atoms in total. The molecule has 0 fully saturated rings. The third-order valence-corrected chi connectivity index (χ3v) is 5.02. The van der Waals surface area contributed by atoms with Crippen LogP contribution < -0.4 is 10.1 Å². The number of hydrogen-bond acceptors (Lipinski definition) is 3. The van der Waals surface area contributed by atoms with E-state index < -0.39 is 11.4 Å². The molecule has 0 unspecified atom stereocenters. The molecule has 0 bridgehead atoms. The fraction of sp³-hybridized carbons (Fsp3) is 0.250. The number of rotatable bonds is 7. The van der Waals surface area contributed by atoms with Crippen molar-refractivity contribution in [3.05, 3.63) is 60.3 Å². The maximum Gasteiger partial charge on any atom is 0.263 e. The molecular formula is C20H20F2N2O2S. The van der Waals surface area contributed by atoms with Crippen molar-refractivity contribution in [1.29, 1.82) is 0 Å². The molecule has 1 amide bonds. The van der Waals surface area contributed by atoms with Gasteiger partial charge in [-0.15, -0.1) is 11.8 Å². The Morgan fingerprint density at radius 2 is 1.96 bits per heavy atom. The number of fused-ring (bicyclic) bond motifs is 1. The fourth-order valence-electron chi connectivity index (χ4n) is 2.60. The molecule has 0 saturated heterocycles. The number of nitrogens with one attached hydrogen (secondary N) is 2. The van der Waals surface area contributed by atoms with Crippen molar-refractivity contribution in [3.63, 3.8) is 0 Å². The molecule has 0 spiro atoms. The molecule has 142 valence electrons. The fourth-order valence-corrected chi connectivity index (χ4v) is 3.50. The molecule has 1 heterocycles. The molecule has 1 aromatic heterocycles. The number of H-pyrrole nitrogens is 1. The monoisotopic (exact) mass is 390 g/mol. The minimum absolute atomic E-state index is 0.284. The summed E-state index contributed by atoms with van der Waals surface area (Å²) in [5.74, 6) is -0.0390. The first-order chi connectivity index (χ1) is 12.8. The van der Waals surface area contributed by atoms with Crippen LogP contribution in [-0.4, -0.2) is 28.8 Å². The molecule has 0 aliphatic carbocycles. The number of amides is 1. The van der Waals surface area contributed by atoms with E-state index in [2.05, 4.69) is 10.3 Å². The van der Waals surface area contributed by atoms with Gasteiger partial charge in [-0.3, -0.25) is 4.79 Å². The lowest BCUT2D eigenvalue weighted by molar-refractivity contribution is -0.134. The lowest BCUT2D eigenvalue weighted by Gasteiger charge is -2.25. The van der Waals surface area contributed by atoms with Gasteiger partial charge in [-0.05, 0) is 44.2 Å². The van der Waals surface area contributed by atoms with Crippen LogP contribution in [0.25, 0.3) is 10.9 Å². The van der Waals surface area contributed by atoms with Gasteiger partial charge in [-0.2, -0.15) is 0 Å². The first kappa shape index (κ1) is 19.2. The summed E-state index contributed by atoms with van der Waals surface area (Å²) in [6.07, 6.45) is 1.83. The number of benzene rings is 2. The number of halogens is 2. The van der Waals surface area contributed by atoms with Crippen LogP contribution in [0.4, 0.5) is 8.78 Å². The first-order valence-electron chi connectivity index (χ1n) is 8.47. The maximum absolute atomic E-state index is 13.3. The zero-order chi connectivity index (χ0) is 19.4. The quantitative estimate of drug-likeness (QED) is 0.461. The van der Waals surface area contributed by atoms with Gasteiger partial charge in [0.2, 0.25) is 0 Å². The van der Waals surface area contributed by atoms with Crippen molar-refractivity contribution in [3.8, 4) is 5.75 Å². The second-order valence-corrected chi connectivity index (χ2v) is 7.65. The number of carbonyl (C=O) groups is 1. The number of ether oxygens (including phenoxy) is 1. The van der Waals surface area contributed by atoms with Crippen molar-refractivity contribution < 1.29 is 18.3 Å². The molecule has 0 aliphatic heterocycles. The van der Waals surface area contributed by atoms with E-state index in [1.54, 1.807) is 37.7 Å². The summed E-state index contributed by atoms with van der Waals surface area (Å²) in [4.78, 5) is 16.4. The number of aromatic nitrogens is 1. The number of aromatic amines is 1. The Kier molecular flexibility index (Phi) is 5.70. The lowest BCUT2D eigenvalue weighted by Crippen LogP contribution is -2.47. The van der Waals surface area contributed by atoms with E-state index in [1.807, 2.05) is 6.20 Å². The Labute approximate surface area is 160 Å². The minimum Gasteiger partial charge on any atom is -0.478 e. The molecule has 3 rings (SSSR count). The largest absolute Gasteiger partial charge is 0.478 e. The van der Waals surface area contributed by atoms with Gasteiger partial charge in [-0.25, -0.2) is 8.78 Å². The van der Waals surface area contributed by atoms with Gasteiger partial charge < -0.3 is 15.0 Å². The van der Waals surface area contributed by atoms with Crippen LogP contribution in [-0.2, 0) is 4.79 Å². The van der Waals surface area contributed by atoms with E-state index in [-0.39, 0.29) is 11.7 Å². The molecule has 3 aromatic rings. The summed E-state index contributed by atoms with van der Waals surface area (Å²) in [6.45, 7) is 3.70. The van der Waals surface area contributed by atoms with Crippen LogP contribution in [0.1, 0.15) is 13.8 Å². The highest BCUT2D eigenvalue weighted by atomic mass is 32.2. The van der Waals surface area contributed by atoms with E-state index in [0.717, 1.165) is 15.8 Å². The van der Waals surface area contributed by atoms with Gasteiger partial charge in [0, 0.05) is 40.4 Å². The van der Waals surface area contributed by atoms with Crippen molar-refractivity contribution in [1.82, 2.24) is 10.3 Å². The zero-order valence-corrected chi connectivity index (χ0v) is 15.8. The first-order valence-corrected chi connectivity index (χ1v) is 9.46. The van der Waals surface area contributed by atoms with Crippen LogP contribution in [0.3, 0.4) is 0 Å². The van der Waals surface area contributed by atoms with Crippen LogP contribution in [0.2, 0.25) is 0 Å². The van der Waals surface area contributed by atoms with Crippen LogP contribution in [0.5, 0.6) is 5.75 Å². The minimum atomic E-state index is -1.13. The lowest BCUT2D eigenvalue weighted by atomic mass is 10.1. The van der Waals surface area contributed by atoms with E-state index in [4.69, 9.17) is 4.74 Å². The summed E-state index contributed by atoms with van der Waals surface area (Å²) in [6, 6.07) is 10.3. The Morgan fingerprint density at radius 3 is 2.74 bits per heavy atom. The van der Waals surface area contributed by atoms with E-state index in [9.17, 15) is 13.6 Å². The second-order valence-electron chi connectivity index (χ2n) is 6.52. The van der Waals surface area contributed by atoms with Gasteiger partial charge in [0.15, 0.2) is 5.60 Å². The highest BCUT2D eigenvalue weighted by Gasteiger charge is 2.29. The molecule has 7 heteroatoms. The van der Waals surface area contributed by atoms with Crippen molar-refractivity contribution in [2.24, 2.45) is 0 Å². The van der Waals surface area contributed by atoms with E-state index in [1.165, 1.54) is 30.3 Å². The smallest absolute Gasteiger partial charge is 0.263 e. The predicted molar refractivity (Wildman–Crippen MR) is 103 cm³/mol. The summed E-state index contributed by atoms with van der Waals surface area (Å²) < 4.78 is 32.1. The molecule has 0 radical (unpaired) electrons. The third-order valence-electron chi connectivity index (χ3n) is 3.97. The Morgan fingerprint density at radius 1 is 1.19 bits per heavy atom. The van der Waals surface area contributed by atoms with Crippen LogP contribution in [0, 0.1) is 11.6 Å². The average Bonchev–Trinajstić information content (AvgIpc) is 3.00. The van der Waals surface area contributed by atoms with Gasteiger partial charge in [0.05, 0.1) is 0 Å². The van der Waals surface area contributed by atoms with Crippen LogP contribution >= 0.6 is 11.8 Å². The highest BCUT2D eigenvalue weighted by Crippen LogP contribution is 2.28. The summed E-state index contributed by atoms with van der Waals surface area (Å²) in [7, 11) is 0. The van der Waals surface area contributed by atoms with E-state index >= 15 is 0 Å². The predicted octanol–water partition coefficient (Wildman–Crippen LogP) is 4.51. The second kappa shape index (κ2) is 8.00. The number of carbonyl (C=O) groups excluding carboxylic acids is 1. The summed E-state index contributed by atoms with van der Waals surface area (Å²) in [5.41, 5.74) is -0.386. The van der Waals surface area contributed by atoms with Crippen LogP contribution in [0.15, 0.2) is 53.6 Å². The third kappa shape index (κ3) is 4.80. The van der Waals surface area contributed by atoms with Crippen molar-refractivity contribution in [2.45, 2.75) is 24.3 Å². The SMILES string of the molecule is CC(C)(Oc1cccc(F)c1)C(=O)NCCSc1c[nH]c2cc(F)ccc12. The zero-order valence-electron chi connectivity index (χ0n) is 15.0.